The van der Waals surface area contributed by atoms with Crippen LogP contribution in [0.4, 0.5) is 5.69 Å². The molecular formula is C19H15N3O4. The van der Waals surface area contributed by atoms with Gasteiger partial charge < -0.3 is 15.2 Å². The van der Waals surface area contributed by atoms with Crippen LogP contribution in [0.5, 0.6) is 5.75 Å². The molecule has 0 fully saturated rings. The van der Waals surface area contributed by atoms with Crippen LogP contribution < -0.4 is 10.1 Å². The Morgan fingerprint density at radius 1 is 1.12 bits per heavy atom. The molecule has 130 valence electrons. The van der Waals surface area contributed by atoms with Crippen molar-refractivity contribution in [1.29, 1.82) is 0 Å². The molecule has 1 aliphatic rings. The second kappa shape index (κ2) is 6.36. The third kappa shape index (κ3) is 2.90. The van der Waals surface area contributed by atoms with E-state index in [4.69, 9.17) is 4.74 Å². The van der Waals surface area contributed by atoms with Gasteiger partial charge in [-0.1, -0.05) is 18.2 Å². The molecule has 0 unspecified atom stereocenters. The van der Waals surface area contributed by atoms with Crippen LogP contribution in [0.15, 0.2) is 54.6 Å². The van der Waals surface area contributed by atoms with Gasteiger partial charge in [0.2, 0.25) is 0 Å². The molecule has 2 N–H and O–H groups in total. The van der Waals surface area contributed by atoms with E-state index >= 15 is 0 Å². The number of fused-ring (bicyclic) bond motifs is 1. The summed E-state index contributed by atoms with van der Waals surface area (Å²) in [6.07, 6.45) is 0.796. The molecule has 2 aromatic carbocycles. The molecule has 1 amide bonds. The highest BCUT2D eigenvalue weighted by Gasteiger charge is 2.21. The van der Waals surface area contributed by atoms with Gasteiger partial charge in [-0.2, -0.15) is 5.10 Å². The number of carboxylic acids is 1. The van der Waals surface area contributed by atoms with E-state index in [1.54, 1.807) is 30.3 Å². The zero-order valence-corrected chi connectivity index (χ0v) is 13.7. The molecule has 1 aliphatic heterocycles. The third-order valence-corrected chi connectivity index (χ3v) is 4.11. The molecule has 0 saturated carbocycles. The van der Waals surface area contributed by atoms with Crippen molar-refractivity contribution in [1.82, 2.24) is 9.78 Å². The quantitative estimate of drug-likeness (QED) is 0.755. The van der Waals surface area contributed by atoms with Crippen LogP contribution in [-0.2, 0) is 6.42 Å². The lowest BCUT2D eigenvalue weighted by Crippen LogP contribution is -2.17. The van der Waals surface area contributed by atoms with Crippen LogP contribution in [0.25, 0.3) is 5.69 Å². The zero-order valence-electron chi connectivity index (χ0n) is 13.7. The van der Waals surface area contributed by atoms with Crippen molar-refractivity contribution >= 4 is 17.6 Å². The Hall–Kier alpha value is -3.61. The molecular weight excluding hydrogens is 334 g/mol. The maximum absolute atomic E-state index is 12.7. The largest absolute Gasteiger partial charge is 0.493 e. The summed E-state index contributed by atoms with van der Waals surface area (Å²) < 4.78 is 6.79. The summed E-state index contributed by atoms with van der Waals surface area (Å²) >= 11 is 0. The fourth-order valence-corrected chi connectivity index (χ4v) is 2.87. The van der Waals surface area contributed by atoms with Crippen LogP contribution >= 0.6 is 0 Å². The number of hydrogen-bond donors (Lipinski definition) is 2. The lowest BCUT2D eigenvalue weighted by Gasteiger charge is -2.09. The first-order valence-electron chi connectivity index (χ1n) is 8.08. The molecule has 1 aromatic heterocycles. The average Bonchev–Trinajstić information content (AvgIpc) is 3.29. The summed E-state index contributed by atoms with van der Waals surface area (Å²) in [5.74, 6) is -0.804. The lowest BCUT2D eigenvalue weighted by molar-refractivity contribution is 0.0690. The number of benzene rings is 2. The molecule has 7 nitrogen and oxygen atoms in total. The van der Waals surface area contributed by atoms with Crippen molar-refractivity contribution in [3.63, 3.8) is 0 Å². The summed E-state index contributed by atoms with van der Waals surface area (Å²) in [4.78, 5) is 24.0. The summed E-state index contributed by atoms with van der Waals surface area (Å²) in [5.41, 5.74) is 2.21. The van der Waals surface area contributed by atoms with Crippen LogP contribution in [0.2, 0.25) is 0 Å². The van der Waals surface area contributed by atoms with E-state index in [9.17, 15) is 14.7 Å². The lowest BCUT2D eigenvalue weighted by atomic mass is 10.1. The standard InChI is InChI=1S/C19H15N3O4/c23-18(20-13-6-7-17-12(10-13)8-9-26-17)16-11-15(19(24)25)21-22(16)14-4-2-1-3-5-14/h1-7,10-11H,8-9H2,(H,20,23)(H,24,25). The van der Waals surface area contributed by atoms with E-state index in [0.29, 0.717) is 18.0 Å². The summed E-state index contributed by atoms with van der Waals surface area (Å²) in [6, 6.07) is 15.6. The number of rotatable bonds is 4. The number of hydrogen-bond acceptors (Lipinski definition) is 4. The minimum Gasteiger partial charge on any atom is -0.493 e. The van der Waals surface area contributed by atoms with E-state index in [1.165, 1.54) is 10.7 Å². The molecule has 0 saturated heterocycles. The highest BCUT2D eigenvalue weighted by Crippen LogP contribution is 2.28. The molecule has 3 aromatic rings. The van der Waals surface area contributed by atoms with Gasteiger partial charge in [0.25, 0.3) is 5.91 Å². The second-order valence-electron chi connectivity index (χ2n) is 5.84. The van der Waals surface area contributed by atoms with E-state index in [0.717, 1.165) is 17.7 Å². The molecule has 0 atom stereocenters. The number of aromatic nitrogens is 2. The fourth-order valence-electron chi connectivity index (χ4n) is 2.87. The van der Waals surface area contributed by atoms with Gasteiger partial charge in [0.05, 0.1) is 12.3 Å². The first kappa shape index (κ1) is 15.9. The van der Waals surface area contributed by atoms with Gasteiger partial charge in [-0.05, 0) is 35.9 Å². The zero-order chi connectivity index (χ0) is 18.1. The normalized spacial score (nSPS) is 12.3. The molecule has 4 rings (SSSR count). The Labute approximate surface area is 148 Å². The topological polar surface area (TPSA) is 93.5 Å². The molecule has 0 aliphatic carbocycles. The van der Waals surface area contributed by atoms with Gasteiger partial charge in [-0.3, -0.25) is 4.79 Å². The number of para-hydroxylation sites is 1. The molecule has 2 heterocycles. The van der Waals surface area contributed by atoms with Crippen molar-refractivity contribution in [2.45, 2.75) is 6.42 Å². The van der Waals surface area contributed by atoms with E-state index < -0.39 is 11.9 Å². The number of carbonyl (C=O) groups excluding carboxylic acids is 1. The number of ether oxygens (including phenoxy) is 1. The van der Waals surface area contributed by atoms with E-state index in [1.807, 2.05) is 18.2 Å². The Kier molecular flexibility index (Phi) is 3.89. The second-order valence-corrected chi connectivity index (χ2v) is 5.84. The van der Waals surface area contributed by atoms with Crippen LogP contribution in [0.1, 0.15) is 26.5 Å². The van der Waals surface area contributed by atoms with Gasteiger partial charge in [0, 0.05) is 18.2 Å². The first-order valence-corrected chi connectivity index (χ1v) is 8.08. The van der Waals surface area contributed by atoms with Gasteiger partial charge in [0.15, 0.2) is 5.69 Å². The van der Waals surface area contributed by atoms with Gasteiger partial charge in [-0.25, -0.2) is 9.48 Å². The molecule has 0 radical (unpaired) electrons. The third-order valence-electron chi connectivity index (χ3n) is 4.11. The van der Waals surface area contributed by atoms with Crippen molar-refractivity contribution in [3.8, 4) is 11.4 Å². The maximum Gasteiger partial charge on any atom is 0.356 e. The molecule has 26 heavy (non-hydrogen) atoms. The predicted octanol–water partition coefficient (Wildman–Crippen LogP) is 2.76. The molecule has 7 heteroatoms. The summed E-state index contributed by atoms with van der Waals surface area (Å²) in [7, 11) is 0. The van der Waals surface area contributed by atoms with Crippen LogP contribution in [0, 0.1) is 0 Å². The minimum absolute atomic E-state index is 0.144. The van der Waals surface area contributed by atoms with Crippen LogP contribution in [0.3, 0.4) is 0 Å². The number of anilines is 1. The maximum atomic E-state index is 12.7. The summed E-state index contributed by atoms with van der Waals surface area (Å²) in [5, 5.41) is 16.1. The highest BCUT2D eigenvalue weighted by atomic mass is 16.5. The van der Waals surface area contributed by atoms with E-state index in [-0.39, 0.29) is 11.4 Å². The monoisotopic (exact) mass is 349 g/mol. The predicted molar refractivity (Wildman–Crippen MR) is 94.1 cm³/mol. The Balaban J connectivity index is 1.68. The van der Waals surface area contributed by atoms with Crippen LogP contribution in [-0.4, -0.2) is 33.4 Å². The average molecular weight is 349 g/mol. The number of nitrogens with one attached hydrogen (secondary N) is 1. The number of amides is 1. The van der Waals surface area contributed by atoms with Gasteiger partial charge in [-0.15, -0.1) is 0 Å². The smallest absolute Gasteiger partial charge is 0.356 e. The Morgan fingerprint density at radius 2 is 1.92 bits per heavy atom. The number of nitrogens with zero attached hydrogens (tertiary/aromatic N) is 2. The minimum atomic E-state index is -1.19. The number of aromatic carboxylic acids is 1. The Morgan fingerprint density at radius 3 is 2.69 bits per heavy atom. The molecule has 0 bridgehead atoms. The fraction of sp³-hybridized carbons (Fsp3) is 0.105. The van der Waals surface area contributed by atoms with Crippen molar-refractivity contribution in [2.24, 2.45) is 0 Å². The van der Waals surface area contributed by atoms with Crippen molar-refractivity contribution < 1.29 is 19.4 Å². The van der Waals surface area contributed by atoms with Crippen molar-refractivity contribution in [2.75, 3.05) is 11.9 Å². The number of carbonyl (C=O) groups is 2. The first-order chi connectivity index (χ1) is 12.6. The number of carboxylic acid groups (broad SMARTS) is 1. The van der Waals surface area contributed by atoms with Crippen molar-refractivity contribution in [3.05, 3.63) is 71.5 Å². The van der Waals surface area contributed by atoms with E-state index in [2.05, 4.69) is 10.4 Å². The Bertz CT molecular complexity index is 995. The van der Waals surface area contributed by atoms with Gasteiger partial charge >= 0.3 is 5.97 Å². The van der Waals surface area contributed by atoms with Gasteiger partial charge in [0.1, 0.15) is 11.4 Å². The SMILES string of the molecule is O=C(O)c1cc(C(=O)Nc2ccc3c(c2)CCO3)n(-c2ccccc2)n1. The summed E-state index contributed by atoms with van der Waals surface area (Å²) in [6.45, 7) is 0.634. The molecule has 0 spiro atoms. The highest BCUT2D eigenvalue weighted by molar-refractivity contribution is 6.04.